The van der Waals surface area contributed by atoms with Gasteiger partial charge in [-0.1, -0.05) is 18.2 Å². The number of carbonyl (C=O) groups is 2. The molecule has 0 heterocycles. The lowest BCUT2D eigenvalue weighted by Gasteiger charge is -2.14. The number of rotatable bonds is 5. The van der Waals surface area contributed by atoms with E-state index in [0.717, 1.165) is 24.3 Å². The molecule has 27 heavy (non-hydrogen) atoms. The molecule has 0 spiro atoms. The minimum absolute atomic E-state index is 0.177. The molecule has 0 bridgehead atoms. The molecule has 0 aliphatic heterocycles. The van der Waals surface area contributed by atoms with Crippen molar-refractivity contribution in [1.82, 2.24) is 5.32 Å². The smallest absolute Gasteiger partial charge is 0.416 e. The highest BCUT2D eigenvalue weighted by Crippen LogP contribution is 2.29. The number of alkyl halides is 3. The monoisotopic (exact) mass is 382 g/mol. The Bertz CT molecular complexity index is 807. The molecular formula is C18H17F3N2O4. The number of aliphatic hydroxyl groups excluding tert-OH is 1. The van der Waals surface area contributed by atoms with Gasteiger partial charge in [-0.3, -0.25) is 9.59 Å². The molecule has 0 saturated heterocycles. The first-order valence-electron chi connectivity index (χ1n) is 7.79. The normalized spacial score (nSPS) is 12.2. The van der Waals surface area contributed by atoms with Gasteiger partial charge >= 0.3 is 18.0 Å². The topological polar surface area (TPSA) is 87.7 Å². The van der Waals surface area contributed by atoms with Crippen molar-refractivity contribution in [3.8, 4) is 5.75 Å². The third-order valence-electron chi connectivity index (χ3n) is 3.61. The first-order chi connectivity index (χ1) is 12.7. The highest BCUT2D eigenvalue weighted by molar-refractivity contribution is 6.39. The van der Waals surface area contributed by atoms with Gasteiger partial charge in [0.25, 0.3) is 0 Å². The molecular weight excluding hydrogens is 365 g/mol. The molecule has 0 aliphatic rings. The number of aliphatic hydroxyl groups is 1. The van der Waals surface area contributed by atoms with Gasteiger partial charge in [-0.2, -0.15) is 13.2 Å². The molecule has 0 aromatic heterocycles. The molecule has 1 unspecified atom stereocenters. The molecule has 2 aromatic rings. The first kappa shape index (κ1) is 20.2. The number of methoxy groups -OCH3 is 1. The highest BCUT2D eigenvalue weighted by atomic mass is 19.4. The van der Waals surface area contributed by atoms with Crippen LogP contribution in [0, 0.1) is 0 Å². The number of anilines is 1. The van der Waals surface area contributed by atoms with Gasteiger partial charge in [0.15, 0.2) is 0 Å². The van der Waals surface area contributed by atoms with E-state index in [2.05, 4.69) is 10.6 Å². The molecule has 6 nitrogen and oxygen atoms in total. The Balaban J connectivity index is 1.89. The Hall–Kier alpha value is -3.07. The fourth-order valence-electron chi connectivity index (χ4n) is 2.17. The van der Waals surface area contributed by atoms with Gasteiger partial charge in [0, 0.05) is 18.3 Å². The van der Waals surface area contributed by atoms with E-state index in [0.29, 0.717) is 11.4 Å². The average Bonchev–Trinajstić information content (AvgIpc) is 2.65. The summed E-state index contributed by atoms with van der Waals surface area (Å²) in [5, 5.41) is 14.5. The molecule has 0 fully saturated rings. The van der Waals surface area contributed by atoms with E-state index in [9.17, 15) is 27.9 Å². The standard InChI is InChI=1S/C18H17F3N2O4/c1-27-14-4-2-3-13(9-14)23-17(26)16(25)22-10-15(24)11-5-7-12(8-6-11)18(19,20)21/h2-9,15,24H,10H2,1H3,(H,22,25)(H,23,26). The molecule has 2 amide bonds. The van der Waals surface area contributed by atoms with E-state index < -0.39 is 29.7 Å². The fraction of sp³-hybridized carbons (Fsp3) is 0.222. The molecule has 144 valence electrons. The molecule has 0 aliphatic carbocycles. The van der Waals surface area contributed by atoms with Gasteiger partial charge in [0.1, 0.15) is 5.75 Å². The summed E-state index contributed by atoms with van der Waals surface area (Å²) in [6, 6.07) is 10.2. The third-order valence-corrected chi connectivity index (χ3v) is 3.61. The van der Waals surface area contributed by atoms with Crippen molar-refractivity contribution in [1.29, 1.82) is 0 Å². The summed E-state index contributed by atoms with van der Waals surface area (Å²) in [5.74, 6) is -1.46. The molecule has 3 N–H and O–H groups in total. The van der Waals surface area contributed by atoms with Gasteiger partial charge in [-0.05, 0) is 29.8 Å². The Morgan fingerprint density at radius 2 is 1.78 bits per heavy atom. The summed E-state index contributed by atoms with van der Waals surface area (Å²) in [6.45, 7) is -0.338. The summed E-state index contributed by atoms with van der Waals surface area (Å²) in [4.78, 5) is 23.7. The summed E-state index contributed by atoms with van der Waals surface area (Å²) in [6.07, 6.45) is -5.74. The van der Waals surface area contributed by atoms with Crippen LogP contribution < -0.4 is 15.4 Å². The fourth-order valence-corrected chi connectivity index (χ4v) is 2.17. The lowest BCUT2D eigenvalue weighted by molar-refractivity contribution is -0.137. The molecule has 1 atom stereocenters. The molecule has 0 saturated carbocycles. The van der Waals surface area contributed by atoms with E-state index in [1.807, 2.05) is 0 Å². The van der Waals surface area contributed by atoms with Crippen LogP contribution >= 0.6 is 0 Å². The van der Waals surface area contributed by atoms with E-state index in [1.54, 1.807) is 18.2 Å². The van der Waals surface area contributed by atoms with Gasteiger partial charge < -0.3 is 20.5 Å². The summed E-state index contributed by atoms with van der Waals surface area (Å²) >= 11 is 0. The number of ether oxygens (including phenoxy) is 1. The van der Waals surface area contributed by atoms with Crippen molar-refractivity contribution in [2.45, 2.75) is 12.3 Å². The number of nitrogens with one attached hydrogen (secondary N) is 2. The van der Waals surface area contributed by atoms with Gasteiger partial charge in [0.05, 0.1) is 18.8 Å². The predicted molar refractivity (Wildman–Crippen MR) is 91.0 cm³/mol. The minimum Gasteiger partial charge on any atom is -0.497 e. The molecule has 2 aromatic carbocycles. The van der Waals surface area contributed by atoms with Crippen molar-refractivity contribution in [2.75, 3.05) is 19.0 Å². The number of benzene rings is 2. The average molecular weight is 382 g/mol. The molecule has 9 heteroatoms. The number of amides is 2. The zero-order valence-corrected chi connectivity index (χ0v) is 14.2. The summed E-state index contributed by atoms with van der Waals surface area (Å²) in [7, 11) is 1.45. The van der Waals surface area contributed by atoms with Crippen molar-refractivity contribution in [3.05, 3.63) is 59.7 Å². The van der Waals surface area contributed by atoms with E-state index in [-0.39, 0.29) is 12.1 Å². The predicted octanol–water partition coefficient (Wildman–Crippen LogP) is 2.50. The van der Waals surface area contributed by atoms with Crippen LogP contribution in [0.2, 0.25) is 0 Å². The van der Waals surface area contributed by atoms with Crippen LogP contribution in [-0.2, 0) is 15.8 Å². The number of hydrogen-bond donors (Lipinski definition) is 3. The Labute approximate surface area is 153 Å². The second-order valence-corrected chi connectivity index (χ2v) is 5.53. The zero-order valence-electron chi connectivity index (χ0n) is 14.2. The van der Waals surface area contributed by atoms with E-state index in [1.165, 1.54) is 13.2 Å². The largest absolute Gasteiger partial charge is 0.497 e. The second kappa shape index (κ2) is 8.54. The molecule has 2 rings (SSSR count). The SMILES string of the molecule is COc1cccc(NC(=O)C(=O)NCC(O)c2ccc(C(F)(F)F)cc2)c1. The second-order valence-electron chi connectivity index (χ2n) is 5.53. The maximum Gasteiger partial charge on any atom is 0.416 e. The maximum absolute atomic E-state index is 12.5. The van der Waals surface area contributed by atoms with Crippen molar-refractivity contribution in [3.63, 3.8) is 0 Å². The van der Waals surface area contributed by atoms with Crippen LogP contribution in [0.4, 0.5) is 18.9 Å². The van der Waals surface area contributed by atoms with E-state index in [4.69, 9.17) is 4.74 Å². The van der Waals surface area contributed by atoms with Gasteiger partial charge in [-0.15, -0.1) is 0 Å². The lowest BCUT2D eigenvalue weighted by atomic mass is 10.1. The zero-order chi connectivity index (χ0) is 20.0. The summed E-state index contributed by atoms with van der Waals surface area (Å²) < 4.78 is 42.6. The lowest BCUT2D eigenvalue weighted by Crippen LogP contribution is -2.37. The van der Waals surface area contributed by atoms with Crippen LogP contribution in [0.5, 0.6) is 5.75 Å². The number of hydrogen-bond acceptors (Lipinski definition) is 4. The first-order valence-corrected chi connectivity index (χ1v) is 7.79. The van der Waals surface area contributed by atoms with Crippen molar-refractivity contribution in [2.24, 2.45) is 0 Å². The van der Waals surface area contributed by atoms with Gasteiger partial charge in [-0.25, -0.2) is 0 Å². The quantitative estimate of drug-likeness (QED) is 0.694. The van der Waals surface area contributed by atoms with Crippen LogP contribution in [-0.4, -0.2) is 30.6 Å². The Morgan fingerprint density at radius 3 is 2.37 bits per heavy atom. The van der Waals surface area contributed by atoms with Crippen molar-refractivity contribution >= 4 is 17.5 Å². The Morgan fingerprint density at radius 1 is 1.11 bits per heavy atom. The Kier molecular flexibility index (Phi) is 6.40. The summed E-state index contributed by atoms with van der Waals surface area (Å²) in [5.41, 5.74) is -0.325. The third kappa shape index (κ3) is 5.71. The van der Waals surface area contributed by atoms with Crippen LogP contribution in [0.15, 0.2) is 48.5 Å². The van der Waals surface area contributed by atoms with Crippen LogP contribution in [0.1, 0.15) is 17.2 Å². The van der Waals surface area contributed by atoms with Crippen LogP contribution in [0.25, 0.3) is 0 Å². The van der Waals surface area contributed by atoms with Crippen molar-refractivity contribution < 1.29 is 32.6 Å². The van der Waals surface area contributed by atoms with E-state index >= 15 is 0 Å². The molecule has 0 radical (unpaired) electrons. The highest BCUT2D eigenvalue weighted by Gasteiger charge is 2.30. The van der Waals surface area contributed by atoms with Gasteiger partial charge in [0.2, 0.25) is 0 Å². The minimum atomic E-state index is -4.48. The maximum atomic E-state index is 12.5. The van der Waals surface area contributed by atoms with Crippen LogP contribution in [0.3, 0.4) is 0 Å². The number of carbonyl (C=O) groups excluding carboxylic acids is 2. The number of halogens is 3.